The van der Waals surface area contributed by atoms with Crippen LogP contribution in [0.1, 0.15) is 57.9 Å². The Labute approximate surface area is 191 Å². The molecule has 0 spiro atoms. The SMILES string of the molecule is CC(C)NC(=O)C1(Cc2ccc(-c3cccnc3)cc2)CCN(C(=O)C2CCCC2)CC1. The van der Waals surface area contributed by atoms with Crippen LogP contribution in [0.15, 0.2) is 48.8 Å². The summed E-state index contributed by atoms with van der Waals surface area (Å²) in [6, 6.07) is 12.6. The number of nitrogens with zero attached hydrogens (tertiary/aromatic N) is 2. The Kier molecular flexibility index (Phi) is 6.92. The number of nitrogens with one attached hydrogen (secondary N) is 1. The average molecular weight is 434 g/mol. The molecular formula is C27H35N3O2. The van der Waals surface area contributed by atoms with Gasteiger partial charge in [0.25, 0.3) is 0 Å². The molecule has 0 bridgehead atoms. The van der Waals surface area contributed by atoms with Gasteiger partial charge in [-0.1, -0.05) is 43.2 Å². The number of benzene rings is 1. The molecular weight excluding hydrogens is 398 g/mol. The van der Waals surface area contributed by atoms with Gasteiger partial charge in [0, 0.05) is 37.4 Å². The lowest BCUT2D eigenvalue weighted by molar-refractivity contribution is -0.143. The van der Waals surface area contributed by atoms with Crippen molar-refractivity contribution in [3.63, 3.8) is 0 Å². The largest absolute Gasteiger partial charge is 0.353 e. The quantitative estimate of drug-likeness (QED) is 0.723. The zero-order valence-corrected chi connectivity index (χ0v) is 19.3. The summed E-state index contributed by atoms with van der Waals surface area (Å²) in [6.45, 7) is 5.36. The molecule has 2 fully saturated rings. The van der Waals surface area contributed by atoms with Crippen molar-refractivity contribution in [1.29, 1.82) is 0 Å². The van der Waals surface area contributed by atoms with E-state index >= 15 is 0 Å². The third kappa shape index (κ3) is 5.03. The van der Waals surface area contributed by atoms with Gasteiger partial charge in [0.05, 0.1) is 5.41 Å². The fraction of sp³-hybridized carbons (Fsp3) is 0.519. The molecule has 1 aromatic heterocycles. The minimum atomic E-state index is -0.466. The molecule has 0 radical (unpaired) electrons. The van der Waals surface area contributed by atoms with Crippen LogP contribution in [0, 0.1) is 11.3 Å². The van der Waals surface area contributed by atoms with Crippen LogP contribution in [0.5, 0.6) is 0 Å². The van der Waals surface area contributed by atoms with Crippen molar-refractivity contribution in [2.75, 3.05) is 13.1 Å². The van der Waals surface area contributed by atoms with Gasteiger partial charge >= 0.3 is 0 Å². The molecule has 0 unspecified atom stereocenters. The summed E-state index contributed by atoms with van der Waals surface area (Å²) in [5.74, 6) is 0.630. The highest BCUT2D eigenvalue weighted by atomic mass is 16.2. The summed E-state index contributed by atoms with van der Waals surface area (Å²) < 4.78 is 0. The Balaban J connectivity index is 1.48. The zero-order valence-electron chi connectivity index (χ0n) is 19.3. The molecule has 1 saturated carbocycles. The summed E-state index contributed by atoms with van der Waals surface area (Å²) >= 11 is 0. The van der Waals surface area contributed by atoms with E-state index in [9.17, 15) is 9.59 Å². The maximum absolute atomic E-state index is 13.3. The molecule has 2 aromatic rings. The van der Waals surface area contributed by atoms with Crippen LogP contribution in [0.4, 0.5) is 0 Å². The highest BCUT2D eigenvalue weighted by Crippen LogP contribution is 2.37. The standard InChI is InChI=1S/C27H35N3O2/c1-20(2)29-26(32)27(13-16-30(17-14-27)25(31)23-6-3-4-7-23)18-21-9-11-22(12-10-21)24-8-5-15-28-19-24/h5,8-12,15,19-20,23H,3-4,6-7,13-14,16-18H2,1-2H3,(H,29,32). The van der Waals surface area contributed by atoms with Gasteiger partial charge in [-0.25, -0.2) is 0 Å². The number of aromatic nitrogens is 1. The Morgan fingerprint density at radius 1 is 1.06 bits per heavy atom. The van der Waals surface area contributed by atoms with Crippen molar-refractivity contribution < 1.29 is 9.59 Å². The minimum absolute atomic E-state index is 0.102. The summed E-state index contributed by atoms with van der Waals surface area (Å²) in [4.78, 5) is 32.5. The van der Waals surface area contributed by atoms with Crippen LogP contribution >= 0.6 is 0 Å². The van der Waals surface area contributed by atoms with Crippen molar-refractivity contribution in [1.82, 2.24) is 15.2 Å². The number of likely N-dealkylation sites (tertiary alicyclic amines) is 1. The molecule has 2 aliphatic rings. The highest BCUT2D eigenvalue weighted by Gasteiger charge is 2.43. The number of piperidine rings is 1. The van der Waals surface area contributed by atoms with Crippen molar-refractivity contribution >= 4 is 11.8 Å². The van der Waals surface area contributed by atoms with Crippen LogP contribution in [0.25, 0.3) is 11.1 Å². The van der Waals surface area contributed by atoms with Crippen molar-refractivity contribution in [2.45, 2.75) is 64.8 Å². The fourth-order valence-corrected chi connectivity index (χ4v) is 5.22. The van der Waals surface area contributed by atoms with Gasteiger partial charge < -0.3 is 10.2 Å². The molecule has 5 heteroatoms. The topological polar surface area (TPSA) is 62.3 Å². The molecule has 1 N–H and O–H groups in total. The van der Waals surface area contributed by atoms with E-state index in [1.165, 1.54) is 12.8 Å². The Morgan fingerprint density at radius 3 is 2.34 bits per heavy atom. The van der Waals surface area contributed by atoms with Crippen molar-refractivity contribution in [3.8, 4) is 11.1 Å². The van der Waals surface area contributed by atoms with Crippen LogP contribution in [-0.2, 0) is 16.0 Å². The first-order valence-electron chi connectivity index (χ1n) is 12.1. The van der Waals surface area contributed by atoms with E-state index in [0.717, 1.165) is 29.5 Å². The second kappa shape index (κ2) is 9.85. The lowest BCUT2D eigenvalue weighted by Gasteiger charge is -2.42. The van der Waals surface area contributed by atoms with Gasteiger partial charge in [-0.15, -0.1) is 0 Å². The predicted octanol–water partition coefficient (Wildman–Crippen LogP) is 4.61. The van der Waals surface area contributed by atoms with E-state index in [0.29, 0.717) is 38.3 Å². The van der Waals surface area contributed by atoms with Gasteiger partial charge in [0.15, 0.2) is 0 Å². The predicted molar refractivity (Wildman–Crippen MR) is 127 cm³/mol. The summed E-state index contributed by atoms with van der Waals surface area (Å²) in [6.07, 6.45) is 10.2. The molecule has 2 heterocycles. The molecule has 1 aromatic carbocycles. The molecule has 1 aliphatic carbocycles. The number of amides is 2. The van der Waals surface area contributed by atoms with Crippen molar-refractivity contribution in [2.24, 2.45) is 11.3 Å². The third-order valence-corrected chi connectivity index (χ3v) is 7.13. The molecule has 1 saturated heterocycles. The first kappa shape index (κ1) is 22.5. The first-order chi connectivity index (χ1) is 15.5. The van der Waals surface area contributed by atoms with Gasteiger partial charge in [-0.3, -0.25) is 14.6 Å². The van der Waals surface area contributed by atoms with Crippen LogP contribution in [0.3, 0.4) is 0 Å². The molecule has 4 rings (SSSR count). The smallest absolute Gasteiger partial charge is 0.226 e. The maximum atomic E-state index is 13.3. The van der Waals surface area contributed by atoms with Crippen LogP contribution < -0.4 is 5.32 Å². The third-order valence-electron chi connectivity index (χ3n) is 7.13. The van der Waals surface area contributed by atoms with Crippen molar-refractivity contribution in [3.05, 3.63) is 54.4 Å². The van der Waals surface area contributed by atoms with Gasteiger partial charge in [0.2, 0.25) is 11.8 Å². The van der Waals surface area contributed by atoms with E-state index < -0.39 is 5.41 Å². The molecule has 32 heavy (non-hydrogen) atoms. The number of hydrogen-bond donors (Lipinski definition) is 1. The second-order valence-corrected chi connectivity index (χ2v) is 9.83. The molecule has 5 nitrogen and oxygen atoms in total. The summed E-state index contributed by atoms with van der Waals surface area (Å²) in [5, 5.41) is 3.16. The van der Waals surface area contributed by atoms with E-state index in [1.807, 2.05) is 31.0 Å². The molecule has 1 aliphatic heterocycles. The Morgan fingerprint density at radius 2 is 1.75 bits per heavy atom. The number of pyridine rings is 1. The second-order valence-electron chi connectivity index (χ2n) is 9.83. The Hall–Kier alpha value is -2.69. The normalized spacial score (nSPS) is 18.7. The molecule has 2 amide bonds. The first-order valence-corrected chi connectivity index (χ1v) is 12.1. The summed E-state index contributed by atoms with van der Waals surface area (Å²) in [5.41, 5.74) is 2.91. The van der Waals surface area contributed by atoms with E-state index in [-0.39, 0.29) is 17.9 Å². The lowest BCUT2D eigenvalue weighted by atomic mass is 9.72. The zero-order chi connectivity index (χ0) is 22.6. The van der Waals surface area contributed by atoms with E-state index in [1.54, 1.807) is 6.20 Å². The maximum Gasteiger partial charge on any atom is 0.226 e. The van der Waals surface area contributed by atoms with Gasteiger partial charge in [-0.2, -0.15) is 0 Å². The average Bonchev–Trinajstić information content (AvgIpc) is 3.35. The van der Waals surface area contributed by atoms with Crippen LogP contribution in [-0.4, -0.2) is 40.8 Å². The number of carbonyl (C=O) groups excluding carboxylic acids is 2. The molecule has 170 valence electrons. The number of hydrogen-bond acceptors (Lipinski definition) is 3. The van der Waals surface area contributed by atoms with Gasteiger partial charge in [0.1, 0.15) is 0 Å². The van der Waals surface area contributed by atoms with Gasteiger partial charge in [-0.05, 0) is 68.7 Å². The van der Waals surface area contributed by atoms with Crippen LogP contribution in [0.2, 0.25) is 0 Å². The minimum Gasteiger partial charge on any atom is -0.353 e. The Bertz CT molecular complexity index is 910. The van der Waals surface area contributed by atoms with E-state index in [2.05, 4.69) is 40.6 Å². The summed E-state index contributed by atoms with van der Waals surface area (Å²) in [7, 11) is 0. The lowest BCUT2D eigenvalue weighted by Crippen LogP contribution is -2.53. The number of rotatable bonds is 6. The highest BCUT2D eigenvalue weighted by molar-refractivity contribution is 5.84. The fourth-order valence-electron chi connectivity index (χ4n) is 5.22. The number of carbonyl (C=O) groups is 2. The molecule has 0 atom stereocenters. The van der Waals surface area contributed by atoms with E-state index in [4.69, 9.17) is 0 Å². The monoisotopic (exact) mass is 433 g/mol.